The molecule has 1 unspecified atom stereocenters. The number of pyridine rings is 1. The lowest BCUT2D eigenvalue weighted by Gasteiger charge is -2.16. The molecule has 1 amide bonds. The lowest BCUT2D eigenvalue weighted by Crippen LogP contribution is -2.28. The van der Waals surface area contributed by atoms with E-state index in [0.717, 1.165) is 30.4 Å². The van der Waals surface area contributed by atoms with Gasteiger partial charge in [-0.1, -0.05) is 0 Å². The summed E-state index contributed by atoms with van der Waals surface area (Å²) in [6.07, 6.45) is 5.33. The highest BCUT2D eigenvalue weighted by atomic mass is 79.9. The van der Waals surface area contributed by atoms with Crippen molar-refractivity contribution >= 4 is 33.4 Å². The summed E-state index contributed by atoms with van der Waals surface area (Å²) >= 11 is 9.05. The van der Waals surface area contributed by atoms with E-state index in [4.69, 9.17) is 11.6 Å². The number of carbonyl (C=O) groups is 1. The van der Waals surface area contributed by atoms with Gasteiger partial charge in [-0.2, -0.15) is 0 Å². The minimum atomic E-state index is 0.0656. The van der Waals surface area contributed by atoms with Crippen LogP contribution in [0.5, 0.6) is 0 Å². The Kier molecular flexibility index (Phi) is 4.40. The minimum absolute atomic E-state index is 0.0656. The molecule has 0 aliphatic carbocycles. The summed E-state index contributed by atoms with van der Waals surface area (Å²) in [5.41, 5.74) is 0.644. The van der Waals surface area contributed by atoms with Crippen LogP contribution >= 0.6 is 27.5 Å². The van der Waals surface area contributed by atoms with Crippen LogP contribution in [0, 0.1) is 5.92 Å². The van der Waals surface area contributed by atoms with E-state index in [2.05, 4.69) is 20.9 Å². The first kappa shape index (κ1) is 12.8. The number of amides is 1. The molecule has 1 aromatic heterocycles. The van der Waals surface area contributed by atoms with Crippen molar-refractivity contribution in [1.29, 1.82) is 0 Å². The lowest BCUT2D eigenvalue weighted by atomic mass is 10.1. The molecule has 1 aliphatic heterocycles. The summed E-state index contributed by atoms with van der Waals surface area (Å²) in [6, 6.07) is 1.81. The average molecular weight is 318 g/mol. The molecule has 0 spiro atoms. The normalized spacial score (nSPS) is 19.6. The number of alkyl halides is 1. The highest BCUT2D eigenvalue weighted by molar-refractivity contribution is 9.10. The molecule has 0 N–H and O–H groups in total. The molecule has 1 fully saturated rings. The Morgan fingerprint density at radius 1 is 1.59 bits per heavy atom. The van der Waals surface area contributed by atoms with Gasteiger partial charge in [-0.3, -0.25) is 9.78 Å². The Balaban J connectivity index is 2.02. The molecule has 92 valence electrons. The van der Waals surface area contributed by atoms with Gasteiger partial charge in [0, 0.05) is 35.8 Å². The average Bonchev–Trinajstić information content (AvgIpc) is 2.77. The molecule has 17 heavy (non-hydrogen) atoms. The van der Waals surface area contributed by atoms with Crippen LogP contribution in [-0.2, 0) is 0 Å². The van der Waals surface area contributed by atoms with Crippen molar-refractivity contribution < 1.29 is 4.79 Å². The van der Waals surface area contributed by atoms with E-state index in [9.17, 15) is 4.79 Å². The Morgan fingerprint density at radius 3 is 3.12 bits per heavy atom. The molecule has 3 nitrogen and oxygen atoms in total. The van der Waals surface area contributed by atoms with Crippen molar-refractivity contribution in [3.63, 3.8) is 0 Å². The van der Waals surface area contributed by atoms with E-state index in [0.29, 0.717) is 17.4 Å². The standard InChI is InChI=1S/C12H14BrClN2O/c13-11-5-10(6-15-7-11)12(17)16-4-2-9(8-16)1-3-14/h5-7,9H,1-4,8H2. The summed E-state index contributed by atoms with van der Waals surface area (Å²) in [5, 5.41) is 0. The van der Waals surface area contributed by atoms with E-state index < -0.39 is 0 Å². The number of aromatic nitrogens is 1. The van der Waals surface area contributed by atoms with Gasteiger partial charge in [-0.25, -0.2) is 0 Å². The molecule has 1 saturated heterocycles. The molecular weight excluding hydrogens is 304 g/mol. The van der Waals surface area contributed by atoms with Gasteiger partial charge >= 0.3 is 0 Å². The fraction of sp³-hybridized carbons (Fsp3) is 0.500. The quantitative estimate of drug-likeness (QED) is 0.803. The SMILES string of the molecule is O=C(c1cncc(Br)c1)N1CCC(CCCl)C1. The van der Waals surface area contributed by atoms with E-state index >= 15 is 0 Å². The van der Waals surface area contributed by atoms with E-state index in [1.54, 1.807) is 12.4 Å². The van der Waals surface area contributed by atoms with Crippen molar-refractivity contribution in [1.82, 2.24) is 9.88 Å². The smallest absolute Gasteiger partial charge is 0.255 e. The van der Waals surface area contributed by atoms with Crippen LogP contribution in [0.2, 0.25) is 0 Å². The Bertz CT molecular complexity index is 413. The fourth-order valence-corrected chi connectivity index (χ4v) is 2.79. The zero-order chi connectivity index (χ0) is 12.3. The molecule has 1 atom stereocenters. The summed E-state index contributed by atoms with van der Waals surface area (Å²) in [7, 11) is 0. The largest absolute Gasteiger partial charge is 0.338 e. The number of nitrogens with zero attached hydrogens (tertiary/aromatic N) is 2. The van der Waals surface area contributed by atoms with Crippen LogP contribution in [0.4, 0.5) is 0 Å². The molecule has 2 heterocycles. The maximum absolute atomic E-state index is 12.2. The zero-order valence-electron chi connectivity index (χ0n) is 9.40. The van der Waals surface area contributed by atoms with E-state index in [-0.39, 0.29) is 5.91 Å². The van der Waals surface area contributed by atoms with Gasteiger partial charge in [0.25, 0.3) is 5.91 Å². The highest BCUT2D eigenvalue weighted by Gasteiger charge is 2.26. The van der Waals surface area contributed by atoms with Crippen molar-refractivity contribution in [2.75, 3.05) is 19.0 Å². The monoisotopic (exact) mass is 316 g/mol. The van der Waals surface area contributed by atoms with Crippen molar-refractivity contribution in [2.24, 2.45) is 5.92 Å². The van der Waals surface area contributed by atoms with Crippen molar-refractivity contribution in [3.8, 4) is 0 Å². The summed E-state index contributed by atoms with van der Waals surface area (Å²) < 4.78 is 0.833. The highest BCUT2D eigenvalue weighted by Crippen LogP contribution is 2.22. The molecule has 0 bridgehead atoms. The molecule has 0 aromatic carbocycles. The van der Waals surface area contributed by atoms with Gasteiger partial charge in [-0.15, -0.1) is 11.6 Å². The van der Waals surface area contributed by atoms with Crippen LogP contribution in [0.25, 0.3) is 0 Å². The van der Waals surface area contributed by atoms with Crippen molar-refractivity contribution in [2.45, 2.75) is 12.8 Å². The first-order chi connectivity index (χ1) is 8.20. The lowest BCUT2D eigenvalue weighted by molar-refractivity contribution is 0.0786. The molecule has 5 heteroatoms. The Hall–Kier alpha value is -0.610. The molecular formula is C12H14BrClN2O. The maximum Gasteiger partial charge on any atom is 0.255 e. The zero-order valence-corrected chi connectivity index (χ0v) is 11.7. The van der Waals surface area contributed by atoms with Crippen LogP contribution in [0.15, 0.2) is 22.9 Å². The third-order valence-electron chi connectivity index (χ3n) is 3.04. The predicted molar refractivity (Wildman–Crippen MR) is 71.3 cm³/mol. The molecule has 2 rings (SSSR count). The Labute approximate surface area is 114 Å². The molecule has 0 radical (unpaired) electrons. The number of carbonyl (C=O) groups excluding carboxylic acids is 1. The van der Waals surface area contributed by atoms with Gasteiger partial charge in [0.15, 0.2) is 0 Å². The molecule has 1 aliphatic rings. The third-order valence-corrected chi connectivity index (χ3v) is 3.69. The van der Waals surface area contributed by atoms with Gasteiger partial charge in [0.1, 0.15) is 0 Å². The number of rotatable bonds is 3. The minimum Gasteiger partial charge on any atom is -0.338 e. The second-order valence-electron chi connectivity index (χ2n) is 4.28. The van der Waals surface area contributed by atoms with Crippen LogP contribution < -0.4 is 0 Å². The van der Waals surface area contributed by atoms with E-state index in [1.807, 2.05) is 11.0 Å². The van der Waals surface area contributed by atoms with Crippen molar-refractivity contribution in [3.05, 3.63) is 28.5 Å². The maximum atomic E-state index is 12.2. The molecule has 0 saturated carbocycles. The van der Waals surface area contributed by atoms with E-state index in [1.165, 1.54) is 0 Å². The summed E-state index contributed by atoms with van der Waals surface area (Å²) in [5.74, 6) is 1.29. The van der Waals surface area contributed by atoms with Gasteiger partial charge < -0.3 is 4.90 Å². The van der Waals surface area contributed by atoms with Gasteiger partial charge in [0.05, 0.1) is 5.56 Å². The number of halogens is 2. The van der Waals surface area contributed by atoms with Crippen LogP contribution in [0.1, 0.15) is 23.2 Å². The number of hydrogen-bond donors (Lipinski definition) is 0. The van der Waals surface area contributed by atoms with Gasteiger partial charge in [0.2, 0.25) is 0 Å². The van der Waals surface area contributed by atoms with Gasteiger partial charge in [-0.05, 0) is 40.8 Å². The topological polar surface area (TPSA) is 33.2 Å². The van der Waals surface area contributed by atoms with Crippen LogP contribution in [0.3, 0.4) is 0 Å². The second kappa shape index (κ2) is 5.83. The first-order valence-corrected chi connectivity index (χ1v) is 6.99. The fourth-order valence-electron chi connectivity index (χ4n) is 2.12. The summed E-state index contributed by atoms with van der Waals surface area (Å²) in [6.45, 7) is 1.64. The number of likely N-dealkylation sites (tertiary alicyclic amines) is 1. The molecule has 1 aromatic rings. The predicted octanol–water partition coefficient (Wildman–Crippen LogP) is 2.94. The third kappa shape index (κ3) is 3.19. The second-order valence-corrected chi connectivity index (χ2v) is 5.57. The number of hydrogen-bond acceptors (Lipinski definition) is 2. The Morgan fingerprint density at radius 2 is 2.41 bits per heavy atom. The van der Waals surface area contributed by atoms with Crippen LogP contribution in [-0.4, -0.2) is 34.8 Å². The first-order valence-electron chi connectivity index (χ1n) is 5.66. The summed E-state index contributed by atoms with van der Waals surface area (Å²) in [4.78, 5) is 18.1.